The molecule has 0 bridgehead atoms. The zero-order chi connectivity index (χ0) is 25.9. The Bertz CT molecular complexity index is 1220. The highest BCUT2D eigenvalue weighted by molar-refractivity contribution is 5.95. The fourth-order valence-corrected chi connectivity index (χ4v) is 5.63. The highest BCUT2D eigenvalue weighted by atomic mass is 16.6. The van der Waals surface area contributed by atoms with Gasteiger partial charge in [0.05, 0.1) is 23.0 Å². The number of hydrogen-bond acceptors (Lipinski definition) is 9. The normalized spacial score (nSPS) is 19.8. The van der Waals surface area contributed by atoms with Crippen molar-refractivity contribution >= 4 is 29.2 Å². The number of nitro groups is 1. The second-order valence-electron chi connectivity index (χ2n) is 9.87. The number of esters is 1. The molecule has 10 nitrogen and oxygen atoms in total. The maximum absolute atomic E-state index is 13.3. The highest BCUT2D eigenvalue weighted by Gasteiger charge is 2.39. The number of nitro benzene ring substituents is 1. The predicted octanol–water partition coefficient (Wildman–Crippen LogP) is 4.76. The van der Waals surface area contributed by atoms with Crippen molar-refractivity contribution in [3.63, 3.8) is 0 Å². The number of carbonyl (C=O) groups is 1. The van der Waals surface area contributed by atoms with Crippen LogP contribution in [0, 0.1) is 10.1 Å². The average molecular weight is 507 g/mol. The van der Waals surface area contributed by atoms with Crippen LogP contribution in [0.15, 0.2) is 35.5 Å². The predicted molar refractivity (Wildman–Crippen MR) is 142 cm³/mol. The number of nitrogens with zero attached hydrogens (tertiary/aromatic N) is 5. The maximum Gasteiger partial charge on any atom is 0.336 e. The maximum atomic E-state index is 13.3. The number of nitrogens with one attached hydrogen (secondary N) is 1. The molecule has 2 fully saturated rings. The van der Waals surface area contributed by atoms with E-state index in [2.05, 4.69) is 15.1 Å². The lowest BCUT2D eigenvalue weighted by Gasteiger charge is -2.37. The number of rotatable bonds is 6. The summed E-state index contributed by atoms with van der Waals surface area (Å²) in [6.07, 6.45) is 6.71. The van der Waals surface area contributed by atoms with E-state index in [-0.39, 0.29) is 12.3 Å². The molecule has 2 saturated heterocycles. The van der Waals surface area contributed by atoms with Crippen molar-refractivity contribution in [1.82, 2.24) is 9.97 Å². The van der Waals surface area contributed by atoms with Crippen molar-refractivity contribution in [1.29, 1.82) is 0 Å². The summed E-state index contributed by atoms with van der Waals surface area (Å²) in [6.45, 7) is 7.39. The topological polar surface area (TPSA) is 114 Å². The summed E-state index contributed by atoms with van der Waals surface area (Å²) in [4.78, 5) is 39.2. The van der Waals surface area contributed by atoms with Crippen LogP contribution in [-0.2, 0) is 9.53 Å². The third kappa shape index (κ3) is 4.97. The molecule has 1 atom stereocenters. The highest BCUT2D eigenvalue weighted by Crippen LogP contribution is 2.47. The first-order chi connectivity index (χ1) is 18.0. The molecule has 37 heavy (non-hydrogen) atoms. The number of benzene rings is 1. The molecule has 196 valence electrons. The van der Waals surface area contributed by atoms with Crippen molar-refractivity contribution in [3.8, 4) is 0 Å². The van der Waals surface area contributed by atoms with E-state index in [0.29, 0.717) is 28.6 Å². The Morgan fingerprint density at radius 3 is 2.41 bits per heavy atom. The van der Waals surface area contributed by atoms with Gasteiger partial charge in [-0.3, -0.25) is 10.1 Å². The van der Waals surface area contributed by atoms with Crippen LogP contribution in [0.3, 0.4) is 0 Å². The van der Waals surface area contributed by atoms with E-state index in [4.69, 9.17) is 14.7 Å². The molecule has 1 N–H and O–H groups in total. The van der Waals surface area contributed by atoms with Crippen LogP contribution in [0.5, 0.6) is 0 Å². The molecule has 3 aliphatic rings. The molecule has 0 spiro atoms. The molecule has 0 amide bonds. The first-order valence-electron chi connectivity index (χ1n) is 13.3. The fraction of sp³-hybridized carbons (Fsp3) is 0.519. The summed E-state index contributed by atoms with van der Waals surface area (Å²) >= 11 is 0. The van der Waals surface area contributed by atoms with Gasteiger partial charge in [-0.1, -0.05) is 12.1 Å². The lowest BCUT2D eigenvalue weighted by molar-refractivity contribution is -0.384. The summed E-state index contributed by atoms with van der Waals surface area (Å²) in [5.41, 5.74) is 2.46. The van der Waals surface area contributed by atoms with Crippen LogP contribution in [0.4, 0.5) is 23.3 Å². The molecule has 0 radical (unpaired) electrons. The van der Waals surface area contributed by atoms with E-state index in [1.165, 1.54) is 18.9 Å². The van der Waals surface area contributed by atoms with Crippen molar-refractivity contribution in [2.24, 2.45) is 0 Å². The SMILES string of the molecule is CCOC(=O)C1=C(C)Nc2nc(N3CCCCC3)nc(N3CCCCC3)c2C1c1cccc([N+](=O)[O-])c1. The van der Waals surface area contributed by atoms with Gasteiger partial charge in [0.15, 0.2) is 0 Å². The molecule has 0 saturated carbocycles. The van der Waals surface area contributed by atoms with Crippen LogP contribution in [-0.4, -0.2) is 53.6 Å². The Balaban J connectivity index is 1.73. The number of carbonyl (C=O) groups excluding carboxylic acids is 1. The molecular weight excluding hydrogens is 472 g/mol. The standard InChI is InChI=1S/C27H34N6O4/c1-3-37-26(34)21-18(2)28-24-23(22(21)19-11-10-12-20(17-19)33(35)36)25(31-13-6-4-7-14-31)30-27(29-24)32-15-8-5-9-16-32/h10-12,17,22H,3-9,13-16H2,1-2H3,(H,28,29,30). The van der Waals surface area contributed by atoms with Gasteiger partial charge in [0.2, 0.25) is 5.95 Å². The number of allylic oxidation sites excluding steroid dienone is 1. The minimum absolute atomic E-state index is 0.0242. The van der Waals surface area contributed by atoms with E-state index in [9.17, 15) is 14.9 Å². The number of non-ortho nitro benzene ring substituents is 1. The number of hydrogen-bond donors (Lipinski definition) is 1. The molecule has 0 aliphatic carbocycles. The quantitative estimate of drug-likeness (QED) is 0.336. The molecule has 1 aromatic heterocycles. The van der Waals surface area contributed by atoms with Gasteiger partial charge in [-0.05, 0) is 57.9 Å². The average Bonchev–Trinajstić information content (AvgIpc) is 2.92. The van der Waals surface area contributed by atoms with Gasteiger partial charge in [-0.2, -0.15) is 9.97 Å². The summed E-state index contributed by atoms with van der Waals surface area (Å²) in [5.74, 6) is 1.10. The lowest BCUT2D eigenvalue weighted by Crippen LogP contribution is -2.36. The minimum Gasteiger partial charge on any atom is -0.463 e. The van der Waals surface area contributed by atoms with Gasteiger partial charge in [-0.25, -0.2) is 4.79 Å². The Hall–Kier alpha value is -3.69. The first kappa shape index (κ1) is 25.0. The Morgan fingerprint density at radius 1 is 1.08 bits per heavy atom. The molecule has 2 aromatic rings. The molecule has 1 aromatic carbocycles. The van der Waals surface area contributed by atoms with Crippen molar-refractivity contribution in [2.45, 2.75) is 58.3 Å². The van der Waals surface area contributed by atoms with Gasteiger partial charge >= 0.3 is 5.97 Å². The third-order valence-electron chi connectivity index (χ3n) is 7.41. The van der Waals surface area contributed by atoms with Gasteiger partial charge in [0.1, 0.15) is 11.6 Å². The number of aromatic nitrogens is 2. The van der Waals surface area contributed by atoms with Crippen molar-refractivity contribution < 1.29 is 14.5 Å². The molecule has 10 heteroatoms. The van der Waals surface area contributed by atoms with E-state index >= 15 is 0 Å². The lowest BCUT2D eigenvalue weighted by atomic mass is 9.81. The minimum atomic E-state index is -0.595. The molecule has 5 rings (SSSR count). The second-order valence-corrected chi connectivity index (χ2v) is 9.87. The molecule has 4 heterocycles. The zero-order valence-corrected chi connectivity index (χ0v) is 21.5. The second kappa shape index (κ2) is 10.7. The monoisotopic (exact) mass is 506 g/mol. The van der Waals surface area contributed by atoms with Gasteiger partial charge in [0.25, 0.3) is 5.69 Å². The van der Waals surface area contributed by atoms with Crippen LogP contribution < -0.4 is 15.1 Å². The Kier molecular flexibility index (Phi) is 7.25. The van der Waals surface area contributed by atoms with Gasteiger partial charge in [-0.15, -0.1) is 0 Å². The number of ether oxygens (including phenoxy) is 1. The van der Waals surface area contributed by atoms with E-state index < -0.39 is 16.8 Å². The van der Waals surface area contributed by atoms with E-state index in [1.54, 1.807) is 19.1 Å². The van der Waals surface area contributed by atoms with Crippen molar-refractivity contribution in [2.75, 3.05) is 47.9 Å². The first-order valence-corrected chi connectivity index (χ1v) is 13.3. The number of anilines is 3. The van der Waals surface area contributed by atoms with Gasteiger partial charge in [0, 0.05) is 49.6 Å². The van der Waals surface area contributed by atoms with Crippen molar-refractivity contribution in [3.05, 3.63) is 56.8 Å². The smallest absolute Gasteiger partial charge is 0.336 e. The van der Waals surface area contributed by atoms with Crippen LogP contribution in [0.1, 0.15) is 69.4 Å². The summed E-state index contributed by atoms with van der Waals surface area (Å²) in [6, 6.07) is 6.51. The summed E-state index contributed by atoms with van der Waals surface area (Å²) in [7, 11) is 0. The van der Waals surface area contributed by atoms with Gasteiger partial charge < -0.3 is 19.9 Å². The molecular formula is C27H34N6O4. The molecule has 1 unspecified atom stereocenters. The summed E-state index contributed by atoms with van der Waals surface area (Å²) < 4.78 is 5.47. The Morgan fingerprint density at radius 2 is 1.76 bits per heavy atom. The molecule has 3 aliphatic heterocycles. The number of fused-ring (bicyclic) bond motifs is 1. The largest absolute Gasteiger partial charge is 0.463 e. The van der Waals surface area contributed by atoms with E-state index in [0.717, 1.165) is 63.2 Å². The zero-order valence-electron chi connectivity index (χ0n) is 21.5. The van der Waals surface area contributed by atoms with E-state index in [1.807, 2.05) is 13.0 Å². The number of piperidine rings is 2. The van der Waals surface area contributed by atoms with Crippen LogP contribution >= 0.6 is 0 Å². The Labute approximate surface area is 216 Å². The summed E-state index contributed by atoms with van der Waals surface area (Å²) in [5, 5.41) is 15.0. The van der Waals surface area contributed by atoms with Crippen LogP contribution in [0.2, 0.25) is 0 Å². The van der Waals surface area contributed by atoms with Crippen LogP contribution in [0.25, 0.3) is 0 Å². The third-order valence-corrected chi connectivity index (χ3v) is 7.41. The fourth-order valence-electron chi connectivity index (χ4n) is 5.63.